The Balaban J connectivity index is 3.38. The molecule has 0 N–H and O–H groups in total. The minimum absolute atomic E-state index is 0.245. The van der Waals surface area contributed by atoms with Gasteiger partial charge in [0.05, 0.1) is 0 Å². The first kappa shape index (κ1) is 10.3. The van der Waals surface area contributed by atoms with Gasteiger partial charge in [0.25, 0.3) is 0 Å². The lowest BCUT2D eigenvalue weighted by Crippen LogP contribution is -2.07. The summed E-state index contributed by atoms with van der Waals surface area (Å²) in [5, 5.41) is 0. The van der Waals surface area contributed by atoms with Crippen LogP contribution in [0, 0.1) is 5.92 Å². The Morgan fingerprint density at radius 3 is 1.89 bits per heavy atom. The average molecular weight is 209 g/mol. The monoisotopic (exact) mass is 208 g/mol. The van der Waals surface area contributed by atoms with E-state index in [1.807, 2.05) is 13.8 Å². The molecular weight excluding hydrogens is 201 g/mol. The molecule has 0 bridgehead atoms. The van der Waals surface area contributed by atoms with Gasteiger partial charge in [-0.1, -0.05) is 25.4 Å². The lowest BCUT2D eigenvalue weighted by molar-refractivity contribution is 0.263. The molecule has 0 saturated heterocycles. The molecule has 0 radical (unpaired) electrons. The first-order valence-corrected chi connectivity index (χ1v) is 5.97. The molecule has 1 unspecified atom stereocenters. The van der Waals surface area contributed by atoms with E-state index >= 15 is 0 Å². The maximum atomic E-state index is 5.64. The van der Waals surface area contributed by atoms with Crippen LogP contribution >= 0.6 is 40.9 Å². The van der Waals surface area contributed by atoms with E-state index < -0.39 is 6.85 Å². The van der Waals surface area contributed by atoms with E-state index in [0.29, 0.717) is 0 Å². The number of hydrogen-bond donors (Lipinski definition) is 0. The second-order valence-electron chi connectivity index (χ2n) is 1.90. The molecule has 0 heterocycles. The van der Waals surface area contributed by atoms with Crippen LogP contribution in [0.2, 0.25) is 0 Å². The lowest BCUT2D eigenvalue weighted by atomic mass is 10.2. The maximum absolute atomic E-state index is 5.64. The fraction of sp³-hybridized carbons (Fsp3) is 1.00. The van der Waals surface area contributed by atoms with Crippen molar-refractivity contribution in [1.82, 2.24) is 0 Å². The molecule has 1 nitrogen and oxygen atoms in total. The molecule has 0 aromatic rings. The summed E-state index contributed by atoms with van der Waals surface area (Å²) in [5.74, 6) is 0.245. The SMILES string of the molecule is CC(C)C(Cl)OP(Cl)Cl. The number of halogens is 3. The van der Waals surface area contributed by atoms with Gasteiger partial charge in [0.1, 0.15) is 5.56 Å². The molecule has 0 fully saturated rings. The smallest absolute Gasteiger partial charge is 0.227 e. The molecule has 0 aromatic carbocycles. The minimum Gasteiger partial charge on any atom is -0.312 e. The molecule has 0 rings (SSSR count). The molecule has 56 valence electrons. The molecule has 0 aliphatic carbocycles. The van der Waals surface area contributed by atoms with Crippen molar-refractivity contribution < 1.29 is 4.52 Å². The van der Waals surface area contributed by atoms with Crippen molar-refractivity contribution in [2.24, 2.45) is 5.92 Å². The Labute approximate surface area is 71.0 Å². The molecule has 9 heavy (non-hydrogen) atoms. The summed E-state index contributed by atoms with van der Waals surface area (Å²) in [4.78, 5) is 0. The quantitative estimate of drug-likeness (QED) is 0.505. The Morgan fingerprint density at radius 2 is 1.78 bits per heavy atom. The topological polar surface area (TPSA) is 9.23 Å². The van der Waals surface area contributed by atoms with E-state index in [2.05, 4.69) is 0 Å². The average Bonchev–Trinajstić information content (AvgIpc) is 1.63. The zero-order chi connectivity index (χ0) is 7.44. The molecule has 0 aromatic heterocycles. The van der Waals surface area contributed by atoms with Crippen LogP contribution in [0.3, 0.4) is 0 Å². The molecule has 0 aliphatic rings. The van der Waals surface area contributed by atoms with E-state index in [-0.39, 0.29) is 11.5 Å². The minimum atomic E-state index is -1.36. The summed E-state index contributed by atoms with van der Waals surface area (Å²) in [6.45, 7) is 2.51. The second kappa shape index (κ2) is 4.98. The van der Waals surface area contributed by atoms with Gasteiger partial charge < -0.3 is 4.52 Å². The highest BCUT2D eigenvalue weighted by Crippen LogP contribution is 2.50. The van der Waals surface area contributed by atoms with E-state index in [1.165, 1.54) is 0 Å². The predicted octanol–water partition coefficient (Wildman–Crippen LogP) is 3.93. The van der Waals surface area contributed by atoms with Crippen molar-refractivity contribution in [1.29, 1.82) is 0 Å². The Kier molecular flexibility index (Phi) is 5.68. The van der Waals surface area contributed by atoms with Crippen molar-refractivity contribution >= 4 is 40.9 Å². The first-order valence-electron chi connectivity index (χ1n) is 2.46. The fourth-order valence-corrected chi connectivity index (χ4v) is 1.59. The second-order valence-corrected chi connectivity index (χ2v) is 5.31. The summed E-state index contributed by atoms with van der Waals surface area (Å²) in [6, 6.07) is 0. The number of alkyl halides is 1. The number of rotatable bonds is 3. The maximum Gasteiger partial charge on any atom is 0.227 e. The number of hydrogen-bond acceptors (Lipinski definition) is 1. The van der Waals surface area contributed by atoms with E-state index in [0.717, 1.165) is 0 Å². The highest BCUT2D eigenvalue weighted by Gasteiger charge is 2.13. The van der Waals surface area contributed by atoms with Crippen LogP contribution in [0.4, 0.5) is 0 Å². The third-order valence-electron chi connectivity index (χ3n) is 0.705. The van der Waals surface area contributed by atoms with Crippen molar-refractivity contribution in [3.8, 4) is 0 Å². The van der Waals surface area contributed by atoms with Gasteiger partial charge in [-0.3, -0.25) is 0 Å². The predicted molar refractivity (Wildman–Crippen MR) is 44.2 cm³/mol. The molecule has 0 aliphatic heterocycles. The molecule has 0 saturated carbocycles. The summed E-state index contributed by atoms with van der Waals surface area (Å²) in [7, 11) is 0. The zero-order valence-electron chi connectivity index (χ0n) is 5.14. The standard InChI is InChI=1S/C4H8Cl3OP/c1-3(2)4(5)8-9(6)7/h3-4H,1-2H3. The van der Waals surface area contributed by atoms with Gasteiger partial charge in [-0.05, 0) is 28.4 Å². The van der Waals surface area contributed by atoms with Gasteiger partial charge in [-0.15, -0.1) is 0 Å². The molecule has 1 atom stereocenters. The van der Waals surface area contributed by atoms with Crippen LogP contribution in [-0.2, 0) is 4.52 Å². The summed E-state index contributed by atoms with van der Waals surface area (Å²) >= 11 is 16.3. The third kappa shape index (κ3) is 5.69. The zero-order valence-corrected chi connectivity index (χ0v) is 8.31. The third-order valence-corrected chi connectivity index (χ3v) is 2.29. The van der Waals surface area contributed by atoms with Crippen molar-refractivity contribution in [3.05, 3.63) is 0 Å². The first-order chi connectivity index (χ1) is 4.04. The van der Waals surface area contributed by atoms with Crippen LogP contribution in [0.15, 0.2) is 0 Å². The van der Waals surface area contributed by atoms with Crippen LogP contribution in [0.1, 0.15) is 13.8 Å². The summed E-state index contributed by atoms with van der Waals surface area (Å²) < 4.78 is 4.87. The Bertz CT molecular complexity index is 78.2. The van der Waals surface area contributed by atoms with Gasteiger partial charge in [-0.25, -0.2) is 0 Å². The highest BCUT2D eigenvalue weighted by molar-refractivity contribution is 8.00. The van der Waals surface area contributed by atoms with E-state index in [1.54, 1.807) is 0 Å². The summed E-state index contributed by atoms with van der Waals surface area (Å²) in [6.07, 6.45) is 0. The highest BCUT2D eigenvalue weighted by atomic mass is 35.9. The van der Waals surface area contributed by atoms with Crippen LogP contribution < -0.4 is 0 Å². The van der Waals surface area contributed by atoms with Gasteiger partial charge >= 0.3 is 0 Å². The van der Waals surface area contributed by atoms with Gasteiger partial charge in [0.2, 0.25) is 6.85 Å². The largest absolute Gasteiger partial charge is 0.312 e. The van der Waals surface area contributed by atoms with Gasteiger partial charge in [0.15, 0.2) is 0 Å². The lowest BCUT2D eigenvalue weighted by Gasteiger charge is -2.13. The van der Waals surface area contributed by atoms with Crippen molar-refractivity contribution in [2.75, 3.05) is 0 Å². The fourth-order valence-electron chi connectivity index (χ4n) is 0.198. The van der Waals surface area contributed by atoms with Crippen LogP contribution in [0.5, 0.6) is 0 Å². The van der Waals surface area contributed by atoms with Gasteiger partial charge in [-0.2, -0.15) is 0 Å². The molecule has 0 spiro atoms. The molecular formula is C4H8Cl3OP. The van der Waals surface area contributed by atoms with Crippen molar-refractivity contribution in [2.45, 2.75) is 19.4 Å². The molecule has 5 heteroatoms. The normalized spacial score (nSPS) is 15.0. The molecule has 0 amide bonds. The Hall–Kier alpha value is 1.26. The van der Waals surface area contributed by atoms with E-state index in [4.69, 9.17) is 38.6 Å². The van der Waals surface area contributed by atoms with Crippen LogP contribution in [0.25, 0.3) is 0 Å². The van der Waals surface area contributed by atoms with E-state index in [9.17, 15) is 0 Å². The Morgan fingerprint density at radius 1 is 1.33 bits per heavy atom. The van der Waals surface area contributed by atoms with Crippen molar-refractivity contribution in [3.63, 3.8) is 0 Å². The summed E-state index contributed by atoms with van der Waals surface area (Å²) in [5.41, 5.74) is -0.369. The van der Waals surface area contributed by atoms with Gasteiger partial charge in [0, 0.05) is 0 Å². The van der Waals surface area contributed by atoms with Crippen LogP contribution in [-0.4, -0.2) is 5.56 Å².